The van der Waals surface area contributed by atoms with E-state index in [1.807, 2.05) is 49.4 Å². The highest BCUT2D eigenvalue weighted by molar-refractivity contribution is 6.14. The Morgan fingerprint density at radius 1 is 1.03 bits per heavy atom. The molecule has 0 fully saturated rings. The number of carbonyl (C=O) groups excluding carboxylic acids is 1. The van der Waals surface area contributed by atoms with Crippen LogP contribution in [0.25, 0.3) is 0 Å². The molecule has 0 aromatic heterocycles. The Labute approximate surface area is 197 Å². The zero-order chi connectivity index (χ0) is 23.4. The van der Waals surface area contributed by atoms with E-state index in [1.165, 1.54) is 36.2 Å². The van der Waals surface area contributed by atoms with Gasteiger partial charge in [-0.15, -0.1) is 0 Å². The second-order valence-electron chi connectivity index (χ2n) is 9.05. The van der Waals surface area contributed by atoms with Gasteiger partial charge in [-0.3, -0.25) is 4.79 Å². The fraction of sp³-hybridized carbons (Fsp3) is 0.333. The number of para-hydroxylation sites is 1. The SMILES string of the molecule is CCCCCN1\C(=C/C=C/C=C2/C(=O)c3ccccc3C2C(C)C#N)C(C)c2ccccc21. The predicted octanol–water partition coefficient (Wildman–Crippen LogP) is 7.31. The number of rotatable bonds is 7. The number of allylic oxidation sites excluding steroid dienone is 6. The summed E-state index contributed by atoms with van der Waals surface area (Å²) in [5.74, 6) is -0.0492. The molecule has 3 nitrogen and oxygen atoms in total. The van der Waals surface area contributed by atoms with Gasteiger partial charge in [0.25, 0.3) is 0 Å². The minimum Gasteiger partial charge on any atom is -0.344 e. The molecule has 0 N–H and O–H groups in total. The number of nitriles is 1. The Kier molecular flexibility index (Phi) is 6.94. The Morgan fingerprint density at radius 2 is 1.73 bits per heavy atom. The molecule has 3 unspecified atom stereocenters. The molecule has 1 aliphatic heterocycles. The van der Waals surface area contributed by atoms with Crippen LogP contribution in [0, 0.1) is 17.2 Å². The van der Waals surface area contributed by atoms with Gasteiger partial charge in [-0.1, -0.05) is 87.4 Å². The number of benzene rings is 2. The highest BCUT2D eigenvalue weighted by atomic mass is 16.1. The Morgan fingerprint density at radius 3 is 2.48 bits per heavy atom. The second kappa shape index (κ2) is 10.0. The van der Waals surface area contributed by atoms with Crippen molar-refractivity contribution < 1.29 is 4.79 Å². The van der Waals surface area contributed by atoms with Crippen molar-refractivity contribution in [2.24, 2.45) is 5.92 Å². The van der Waals surface area contributed by atoms with Crippen molar-refractivity contribution in [2.75, 3.05) is 11.4 Å². The molecule has 0 saturated carbocycles. The summed E-state index contributed by atoms with van der Waals surface area (Å²) in [6.07, 6.45) is 11.7. The minimum atomic E-state index is -0.256. The van der Waals surface area contributed by atoms with E-state index in [2.05, 4.69) is 55.2 Å². The molecular formula is C30H32N2O. The third-order valence-corrected chi connectivity index (χ3v) is 6.93. The number of nitrogens with zero attached hydrogens (tertiary/aromatic N) is 2. The van der Waals surface area contributed by atoms with Crippen LogP contribution in [0.4, 0.5) is 5.69 Å². The van der Waals surface area contributed by atoms with E-state index in [0.717, 1.165) is 17.7 Å². The molecule has 0 saturated heterocycles. The number of anilines is 1. The van der Waals surface area contributed by atoms with Crippen molar-refractivity contribution in [3.63, 3.8) is 0 Å². The van der Waals surface area contributed by atoms with Gasteiger partial charge >= 0.3 is 0 Å². The van der Waals surface area contributed by atoms with Gasteiger partial charge in [-0.2, -0.15) is 5.26 Å². The maximum atomic E-state index is 13.0. The molecule has 4 rings (SSSR count). The lowest BCUT2D eigenvalue weighted by Crippen LogP contribution is -2.20. The summed E-state index contributed by atoms with van der Waals surface area (Å²) >= 11 is 0. The zero-order valence-corrected chi connectivity index (χ0v) is 19.8. The van der Waals surface area contributed by atoms with Crippen LogP contribution in [0.15, 0.2) is 84.1 Å². The first-order valence-corrected chi connectivity index (χ1v) is 12.1. The van der Waals surface area contributed by atoms with Gasteiger partial charge in [0, 0.05) is 40.9 Å². The fourth-order valence-electron chi connectivity index (χ4n) is 5.18. The second-order valence-corrected chi connectivity index (χ2v) is 9.05. The normalized spacial score (nSPS) is 22.7. The quantitative estimate of drug-likeness (QED) is 0.338. The van der Waals surface area contributed by atoms with Gasteiger partial charge in [-0.25, -0.2) is 0 Å². The molecule has 2 aromatic carbocycles. The average Bonchev–Trinajstić information content (AvgIpc) is 3.28. The standard InChI is InChI=1S/C30H32N2O/c1-4-5-12-19-32-27(22(3)23-13-8-11-18-28(23)32)17-10-9-16-26-29(21(2)20-31)24-14-6-7-15-25(24)30(26)33/h6-11,13-18,21-22,29H,4-5,12,19H2,1-3H3/b10-9+,26-16+,27-17-. The topological polar surface area (TPSA) is 44.1 Å². The van der Waals surface area contributed by atoms with Crippen LogP contribution in [0.5, 0.6) is 0 Å². The van der Waals surface area contributed by atoms with Crippen LogP contribution in [-0.2, 0) is 0 Å². The number of ketones is 1. The summed E-state index contributed by atoms with van der Waals surface area (Å²) in [5, 5.41) is 9.55. The highest BCUT2D eigenvalue weighted by Crippen LogP contribution is 2.44. The summed E-state index contributed by atoms with van der Waals surface area (Å²) in [5.41, 5.74) is 6.38. The maximum absolute atomic E-state index is 13.0. The van der Waals surface area contributed by atoms with E-state index in [4.69, 9.17) is 0 Å². The first-order valence-electron chi connectivity index (χ1n) is 12.1. The molecule has 2 aromatic rings. The van der Waals surface area contributed by atoms with Crippen LogP contribution in [0.1, 0.15) is 73.4 Å². The summed E-state index contributed by atoms with van der Waals surface area (Å²) in [4.78, 5) is 15.5. The molecule has 2 aliphatic rings. The maximum Gasteiger partial charge on any atom is 0.189 e. The number of unbranched alkanes of at least 4 members (excludes halogenated alkanes) is 2. The van der Waals surface area contributed by atoms with E-state index in [-0.39, 0.29) is 17.6 Å². The van der Waals surface area contributed by atoms with E-state index >= 15 is 0 Å². The largest absolute Gasteiger partial charge is 0.344 e. The van der Waals surface area contributed by atoms with Crippen LogP contribution in [-0.4, -0.2) is 12.3 Å². The van der Waals surface area contributed by atoms with E-state index in [1.54, 1.807) is 0 Å². The molecule has 0 amide bonds. The Bertz CT molecular complexity index is 1160. The minimum absolute atomic E-state index is 0.0397. The van der Waals surface area contributed by atoms with Crippen LogP contribution in [0.3, 0.4) is 0 Å². The lowest BCUT2D eigenvalue weighted by Gasteiger charge is -2.22. The van der Waals surface area contributed by atoms with Crippen molar-refractivity contribution in [3.8, 4) is 6.07 Å². The lowest BCUT2D eigenvalue weighted by atomic mass is 9.86. The molecule has 3 heteroatoms. The molecule has 33 heavy (non-hydrogen) atoms. The number of carbonyl (C=O) groups is 1. The van der Waals surface area contributed by atoms with Gasteiger partial charge in [0.15, 0.2) is 5.78 Å². The third kappa shape index (κ3) is 4.31. The number of hydrogen-bond acceptors (Lipinski definition) is 3. The van der Waals surface area contributed by atoms with Crippen LogP contribution >= 0.6 is 0 Å². The zero-order valence-electron chi connectivity index (χ0n) is 19.8. The lowest BCUT2D eigenvalue weighted by molar-refractivity contribution is 0.103. The number of fused-ring (bicyclic) bond motifs is 2. The molecule has 0 radical (unpaired) electrons. The molecular weight excluding hydrogens is 404 g/mol. The number of Topliss-reactive ketones (excluding diaryl/α,β-unsaturated/α-hetero) is 1. The Hall–Kier alpha value is -3.38. The van der Waals surface area contributed by atoms with Crippen molar-refractivity contribution in [2.45, 2.75) is 51.9 Å². The van der Waals surface area contributed by atoms with Gasteiger partial charge in [-0.05, 0) is 36.6 Å². The smallest absolute Gasteiger partial charge is 0.189 e. The van der Waals surface area contributed by atoms with Gasteiger partial charge in [0.05, 0.1) is 12.0 Å². The molecule has 1 aliphatic carbocycles. The monoisotopic (exact) mass is 436 g/mol. The van der Waals surface area contributed by atoms with E-state index in [0.29, 0.717) is 11.5 Å². The number of hydrogen-bond donors (Lipinski definition) is 0. The first kappa shape index (κ1) is 22.8. The van der Waals surface area contributed by atoms with E-state index in [9.17, 15) is 10.1 Å². The summed E-state index contributed by atoms with van der Waals surface area (Å²) in [6, 6.07) is 18.7. The average molecular weight is 437 g/mol. The molecule has 0 spiro atoms. The molecule has 168 valence electrons. The fourth-order valence-corrected chi connectivity index (χ4v) is 5.18. The van der Waals surface area contributed by atoms with E-state index < -0.39 is 0 Å². The third-order valence-electron chi connectivity index (χ3n) is 6.93. The summed E-state index contributed by atoms with van der Waals surface area (Å²) in [6.45, 7) is 7.41. The highest BCUT2D eigenvalue weighted by Gasteiger charge is 2.37. The van der Waals surface area contributed by atoms with Crippen molar-refractivity contribution in [3.05, 3.63) is 101 Å². The predicted molar refractivity (Wildman–Crippen MR) is 135 cm³/mol. The summed E-state index contributed by atoms with van der Waals surface area (Å²) in [7, 11) is 0. The van der Waals surface area contributed by atoms with Gasteiger partial charge < -0.3 is 4.90 Å². The van der Waals surface area contributed by atoms with Gasteiger partial charge in [0.2, 0.25) is 0 Å². The van der Waals surface area contributed by atoms with Crippen molar-refractivity contribution in [1.82, 2.24) is 0 Å². The van der Waals surface area contributed by atoms with Crippen molar-refractivity contribution in [1.29, 1.82) is 5.26 Å². The van der Waals surface area contributed by atoms with Gasteiger partial charge in [0.1, 0.15) is 0 Å². The van der Waals surface area contributed by atoms with Crippen LogP contribution < -0.4 is 4.90 Å². The first-order chi connectivity index (χ1) is 16.1. The molecule has 0 bridgehead atoms. The summed E-state index contributed by atoms with van der Waals surface area (Å²) < 4.78 is 0. The molecule has 1 heterocycles. The van der Waals surface area contributed by atoms with Crippen LogP contribution in [0.2, 0.25) is 0 Å². The Balaban J connectivity index is 1.61. The molecule has 3 atom stereocenters. The van der Waals surface area contributed by atoms with Crippen molar-refractivity contribution >= 4 is 11.5 Å².